The molecule has 0 spiro atoms. The molecule has 0 aromatic heterocycles. The Hall–Kier alpha value is -0.570. The lowest BCUT2D eigenvalue weighted by molar-refractivity contribution is -0.119. The van der Waals surface area contributed by atoms with E-state index in [0.717, 1.165) is 13.1 Å². The van der Waals surface area contributed by atoms with E-state index in [2.05, 4.69) is 5.32 Å². The molecule has 0 bridgehead atoms. The zero-order valence-corrected chi connectivity index (χ0v) is 5.13. The number of rotatable bonds is 1. The van der Waals surface area contributed by atoms with E-state index in [0.29, 0.717) is 11.8 Å². The van der Waals surface area contributed by atoms with Gasteiger partial charge in [0.15, 0.2) is 0 Å². The molecular weight excluding hydrogens is 116 g/mol. The summed E-state index contributed by atoms with van der Waals surface area (Å²) in [7, 11) is 0. The minimum atomic E-state index is -0.105. The summed E-state index contributed by atoms with van der Waals surface area (Å²) in [4.78, 5) is 10.6. The Morgan fingerprint density at radius 3 is 2.33 bits per heavy atom. The predicted octanol–water partition coefficient (Wildman–Crippen LogP) is -1.06. The molecule has 3 nitrogen and oxygen atoms in total. The Morgan fingerprint density at radius 2 is 2.00 bits per heavy atom. The highest BCUT2D eigenvalue weighted by Crippen LogP contribution is 2.48. The first kappa shape index (κ1) is 5.23. The number of piperidine rings is 1. The molecule has 9 heavy (non-hydrogen) atoms. The molecule has 0 aromatic carbocycles. The van der Waals surface area contributed by atoms with E-state index in [4.69, 9.17) is 5.73 Å². The molecule has 3 heteroatoms. The number of hydrogen-bond acceptors (Lipinski definition) is 2. The molecule has 1 saturated carbocycles. The van der Waals surface area contributed by atoms with Gasteiger partial charge in [0.1, 0.15) is 0 Å². The van der Waals surface area contributed by atoms with E-state index in [1.54, 1.807) is 0 Å². The largest absolute Gasteiger partial charge is 0.369 e. The number of nitrogens with one attached hydrogen (secondary N) is 1. The molecule has 2 aliphatic rings. The predicted molar refractivity (Wildman–Crippen MR) is 32.5 cm³/mol. The van der Waals surface area contributed by atoms with Crippen LogP contribution in [0.4, 0.5) is 0 Å². The fourth-order valence-corrected chi connectivity index (χ4v) is 1.84. The van der Waals surface area contributed by atoms with Crippen LogP contribution in [-0.2, 0) is 4.79 Å². The highest BCUT2D eigenvalue weighted by atomic mass is 16.1. The highest BCUT2D eigenvalue weighted by molar-refractivity contribution is 5.80. The van der Waals surface area contributed by atoms with Gasteiger partial charge >= 0.3 is 0 Å². The molecule has 2 rings (SSSR count). The minimum absolute atomic E-state index is 0.105. The number of fused-ring (bicyclic) bond motifs is 1. The van der Waals surface area contributed by atoms with Gasteiger partial charge in [-0.05, 0) is 24.9 Å². The smallest absolute Gasteiger partial charge is 0.221 e. The van der Waals surface area contributed by atoms with Crippen molar-refractivity contribution >= 4 is 5.91 Å². The fourth-order valence-electron chi connectivity index (χ4n) is 1.84. The summed E-state index contributed by atoms with van der Waals surface area (Å²) in [6.07, 6.45) is 0. The van der Waals surface area contributed by atoms with Crippen molar-refractivity contribution in [3.8, 4) is 0 Å². The lowest BCUT2D eigenvalue weighted by Crippen LogP contribution is -2.23. The van der Waals surface area contributed by atoms with E-state index >= 15 is 0 Å². The third-order valence-electron chi connectivity index (χ3n) is 2.42. The van der Waals surface area contributed by atoms with Crippen molar-refractivity contribution < 1.29 is 4.79 Å². The van der Waals surface area contributed by atoms with Gasteiger partial charge in [-0.25, -0.2) is 0 Å². The number of nitrogens with two attached hydrogens (primary N) is 1. The molecule has 3 atom stereocenters. The first-order chi connectivity index (χ1) is 4.30. The van der Waals surface area contributed by atoms with Crippen molar-refractivity contribution in [2.45, 2.75) is 0 Å². The van der Waals surface area contributed by atoms with Crippen LogP contribution in [0.2, 0.25) is 0 Å². The summed E-state index contributed by atoms with van der Waals surface area (Å²) in [6.45, 7) is 2.00. The lowest BCUT2D eigenvalue weighted by Gasteiger charge is -1.97. The Bertz CT molecular complexity index is 147. The maximum absolute atomic E-state index is 10.6. The first-order valence-corrected chi connectivity index (χ1v) is 3.31. The number of amides is 1. The quantitative estimate of drug-likeness (QED) is 0.470. The monoisotopic (exact) mass is 126 g/mol. The molecular formula is C6H10N2O. The highest BCUT2D eigenvalue weighted by Gasteiger charge is 2.55. The third-order valence-corrected chi connectivity index (χ3v) is 2.42. The molecule has 0 aromatic rings. The van der Waals surface area contributed by atoms with Gasteiger partial charge in [0, 0.05) is 5.92 Å². The van der Waals surface area contributed by atoms with Crippen molar-refractivity contribution in [3.63, 3.8) is 0 Å². The summed E-state index contributed by atoms with van der Waals surface area (Å²) < 4.78 is 0. The molecule has 50 valence electrons. The fraction of sp³-hybridized carbons (Fsp3) is 0.833. The van der Waals surface area contributed by atoms with Gasteiger partial charge < -0.3 is 11.1 Å². The molecule has 0 radical (unpaired) electrons. The van der Waals surface area contributed by atoms with Crippen LogP contribution in [0.3, 0.4) is 0 Å². The number of primary amides is 1. The normalized spacial score (nSPS) is 46.4. The van der Waals surface area contributed by atoms with E-state index in [1.165, 1.54) is 0 Å². The van der Waals surface area contributed by atoms with Crippen LogP contribution >= 0.6 is 0 Å². The lowest BCUT2D eigenvalue weighted by atomic mass is 10.3. The van der Waals surface area contributed by atoms with Gasteiger partial charge in [-0.1, -0.05) is 0 Å². The zero-order chi connectivity index (χ0) is 6.43. The maximum Gasteiger partial charge on any atom is 0.221 e. The van der Waals surface area contributed by atoms with Crippen LogP contribution in [0.1, 0.15) is 0 Å². The Morgan fingerprint density at radius 1 is 1.44 bits per heavy atom. The van der Waals surface area contributed by atoms with Gasteiger partial charge in [-0.15, -0.1) is 0 Å². The van der Waals surface area contributed by atoms with Crippen LogP contribution in [0, 0.1) is 17.8 Å². The van der Waals surface area contributed by atoms with Gasteiger partial charge in [0.25, 0.3) is 0 Å². The van der Waals surface area contributed by atoms with Gasteiger partial charge in [-0.3, -0.25) is 4.79 Å². The van der Waals surface area contributed by atoms with Crippen molar-refractivity contribution in [3.05, 3.63) is 0 Å². The molecule has 2 fully saturated rings. The molecule has 1 aliphatic heterocycles. The topological polar surface area (TPSA) is 55.1 Å². The van der Waals surface area contributed by atoms with Gasteiger partial charge in [0.2, 0.25) is 5.91 Å². The molecule has 1 aliphatic carbocycles. The average molecular weight is 126 g/mol. The summed E-state index contributed by atoms with van der Waals surface area (Å²) in [5.74, 6) is 1.28. The number of hydrogen-bond donors (Lipinski definition) is 2. The summed E-state index contributed by atoms with van der Waals surface area (Å²) in [6, 6.07) is 0. The Kier molecular flexibility index (Phi) is 0.858. The van der Waals surface area contributed by atoms with Crippen LogP contribution in [-0.4, -0.2) is 19.0 Å². The Labute approximate surface area is 53.6 Å². The van der Waals surface area contributed by atoms with Crippen LogP contribution < -0.4 is 11.1 Å². The van der Waals surface area contributed by atoms with Gasteiger partial charge in [-0.2, -0.15) is 0 Å². The van der Waals surface area contributed by atoms with Gasteiger partial charge in [0.05, 0.1) is 0 Å². The van der Waals surface area contributed by atoms with Crippen LogP contribution in [0.5, 0.6) is 0 Å². The SMILES string of the molecule is NC(=O)C1[C@H]2CNC[C@@H]12. The van der Waals surface area contributed by atoms with Crippen LogP contribution in [0.15, 0.2) is 0 Å². The summed E-state index contributed by atoms with van der Waals surface area (Å²) in [5.41, 5.74) is 5.12. The molecule has 3 N–H and O–H groups in total. The second kappa shape index (κ2) is 1.48. The average Bonchev–Trinajstić information content (AvgIpc) is 2.30. The first-order valence-electron chi connectivity index (χ1n) is 3.31. The van der Waals surface area contributed by atoms with Crippen molar-refractivity contribution in [2.24, 2.45) is 23.5 Å². The molecule has 1 unspecified atom stereocenters. The number of carbonyl (C=O) groups is 1. The van der Waals surface area contributed by atoms with Crippen LogP contribution in [0.25, 0.3) is 0 Å². The van der Waals surface area contributed by atoms with E-state index in [1.807, 2.05) is 0 Å². The Balaban J connectivity index is 2.02. The van der Waals surface area contributed by atoms with Crippen molar-refractivity contribution in [1.29, 1.82) is 0 Å². The summed E-state index contributed by atoms with van der Waals surface area (Å²) >= 11 is 0. The van der Waals surface area contributed by atoms with E-state index < -0.39 is 0 Å². The maximum atomic E-state index is 10.6. The zero-order valence-electron chi connectivity index (χ0n) is 5.13. The third kappa shape index (κ3) is 0.580. The standard InChI is InChI=1S/C6H10N2O/c7-6(9)5-3-1-8-2-4(3)5/h3-5,8H,1-2H2,(H2,7,9)/t3-,4+,5?. The van der Waals surface area contributed by atoms with Crippen molar-refractivity contribution in [2.75, 3.05) is 13.1 Å². The number of carbonyl (C=O) groups excluding carboxylic acids is 1. The van der Waals surface area contributed by atoms with E-state index in [9.17, 15) is 4.79 Å². The summed E-state index contributed by atoms with van der Waals surface area (Å²) in [5, 5.41) is 3.20. The molecule has 1 heterocycles. The van der Waals surface area contributed by atoms with Crippen molar-refractivity contribution in [1.82, 2.24) is 5.32 Å². The minimum Gasteiger partial charge on any atom is -0.369 e. The molecule has 1 amide bonds. The second-order valence-electron chi connectivity index (χ2n) is 2.91. The second-order valence-corrected chi connectivity index (χ2v) is 2.91. The van der Waals surface area contributed by atoms with E-state index in [-0.39, 0.29) is 11.8 Å². The molecule has 1 saturated heterocycles.